The van der Waals surface area contributed by atoms with Crippen molar-refractivity contribution in [2.24, 2.45) is 5.92 Å². The van der Waals surface area contributed by atoms with E-state index in [-0.39, 0.29) is 17.7 Å². The van der Waals surface area contributed by atoms with E-state index in [9.17, 15) is 22.7 Å². The van der Waals surface area contributed by atoms with Gasteiger partial charge in [-0.1, -0.05) is 6.92 Å². The number of aliphatic hydroxyl groups is 1. The van der Waals surface area contributed by atoms with Crippen molar-refractivity contribution in [3.05, 3.63) is 48.0 Å². The maximum Gasteiger partial charge on any atom is 0.419 e. The number of nitrogens with zero attached hydrogens (tertiary/aromatic N) is 3. The van der Waals surface area contributed by atoms with Gasteiger partial charge >= 0.3 is 6.18 Å². The maximum absolute atomic E-state index is 13.1. The van der Waals surface area contributed by atoms with Crippen LogP contribution in [0.25, 0.3) is 5.69 Å². The molecule has 0 amide bonds. The molecule has 1 aromatic heterocycles. The second-order valence-electron chi connectivity index (χ2n) is 8.12. The Morgan fingerprint density at radius 2 is 1.86 bits per heavy atom. The first-order valence-corrected chi connectivity index (χ1v) is 9.58. The predicted octanol–water partition coefficient (Wildman–Crippen LogP) is 3.48. The molecule has 0 spiro atoms. The summed E-state index contributed by atoms with van der Waals surface area (Å²) in [7, 11) is 0. The lowest BCUT2D eigenvalue weighted by Gasteiger charge is -2.36. The van der Waals surface area contributed by atoms with Crippen molar-refractivity contribution in [1.29, 1.82) is 0 Å². The Bertz CT molecular complexity index is 865. The van der Waals surface area contributed by atoms with Crippen molar-refractivity contribution in [3.63, 3.8) is 0 Å². The van der Waals surface area contributed by atoms with Crippen LogP contribution in [0.15, 0.2) is 36.5 Å². The zero-order chi connectivity index (χ0) is 21.0. The number of ether oxygens (including phenoxy) is 1. The Labute approximate surface area is 165 Å². The largest absolute Gasteiger partial charge is 0.419 e. The normalized spacial score (nSPS) is 30.2. The lowest BCUT2D eigenvalue weighted by molar-refractivity contribution is -0.259. The number of epoxide rings is 1. The number of alkyl halides is 3. The number of benzene rings is 1. The zero-order valence-electron chi connectivity index (χ0n) is 16.1. The summed E-state index contributed by atoms with van der Waals surface area (Å²) in [4.78, 5) is 1.86. The highest BCUT2D eigenvalue weighted by atomic mass is 19.4. The van der Waals surface area contributed by atoms with Crippen molar-refractivity contribution in [2.75, 3.05) is 13.1 Å². The molecule has 3 heterocycles. The van der Waals surface area contributed by atoms with Crippen LogP contribution in [0, 0.1) is 11.7 Å². The van der Waals surface area contributed by atoms with Gasteiger partial charge in [0.15, 0.2) is 5.60 Å². The molecule has 2 aliphatic heterocycles. The molecule has 2 aromatic rings. The molecule has 0 saturated carbocycles. The third-order valence-electron chi connectivity index (χ3n) is 5.97. The van der Waals surface area contributed by atoms with Crippen molar-refractivity contribution >= 4 is 0 Å². The first-order valence-electron chi connectivity index (χ1n) is 9.58. The summed E-state index contributed by atoms with van der Waals surface area (Å²) in [6, 6.07) is 7.97. The van der Waals surface area contributed by atoms with E-state index in [0.29, 0.717) is 13.1 Å². The number of likely N-dealkylation sites (tertiary alicyclic amines) is 1. The third kappa shape index (κ3) is 3.78. The summed E-state index contributed by atoms with van der Waals surface area (Å²) in [5.74, 6) is 0.00139. The number of aromatic nitrogens is 2. The van der Waals surface area contributed by atoms with Gasteiger partial charge in [-0.15, -0.1) is 0 Å². The molecule has 2 fully saturated rings. The van der Waals surface area contributed by atoms with Crippen LogP contribution < -0.4 is 0 Å². The van der Waals surface area contributed by atoms with Crippen LogP contribution in [-0.4, -0.2) is 57.0 Å². The van der Waals surface area contributed by atoms with E-state index in [1.807, 2.05) is 24.1 Å². The van der Waals surface area contributed by atoms with Crippen LogP contribution in [0.3, 0.4) is 0 Å². The van der Waals surface area contributed by atoms with Gasteiger partial charge in [-0.05, 0) is 49.6 Å². The van der Waals surface area contributed by atoms with Gasteiger partial charge in [0.2, 0.25) is 0 Å². The Hall–Kier alpha value is -1.97. The average molecular weight is 413 g/mol. The van der Waals surface area contributed by atoms with Crippen LogP contribution in [0.5, 0.6) is 0 Å². The minimum Gasteiger partial charge on any atom is -0.378 e. The van der Waals surface area contributed by atoms with E-state index in [2.05, 4.69) is 5.10 Å². The number of halogens is 4. The highest BCUT2D eigenvalue weighted by Crippen LogP contribution is 2.45. The van der Waals surface area contributed by atoms with Crippen molar-refractivity contribution in [3.8, 4) is 5.69 Å². The van der Waals surface area contributed by atoms with Gasteiger partial charge in [0.05, 0.1) is 11.4 Å². The highest BCUT2D eigenvalue weighted by Gasteiger charge is 2.66. The minimum absolute atomic E-state index is 0.154. The predicted molar refractivity (Wildman–Crippen MR) is 97.0 cm³/mol. The second kappa shape index (κ2) is 7.07. The summed E-state index contributed by atoms with van der Waals surface area (Å²) in [6.45, 7) is 3.92. The Morgan fingerprint density at radius 1 is 1.17 bits per heavy atom. The Balaban J connectivity index is 1.40. The third-order valence-corrected chi connectivity index (χ3v) is 5.97. The second-order valence-corrected chi connectivity index (χ2v) is 8.12. The molecule has 9 heteroatoms. The molecule has 2 aliphatic rings. The molecular formula is C20H23F4N3O2. The van der Waals surface area contributed by atoms with Crippen LogP contribution in [0.4, 0.5) is 17.6 Å². The fourth-order valence-electron chi connectivity index (χ4n) is 4.08. The number of hydrogen-bond donors (Lipinski definition) is 1. The summed E-state index contributed by atoms with van der Waals surface area (Å²) in [5.41, 5.74) is -1.20. The van der Waals surface area contributed by atoms with Gasteiger partial charge in [-0.2, -0.15) is 18.3 Å². The SMILES string of the molecule is CC1CN(C2OC2C(C)(O)C(F)(F)F)CCC1c1ccn(-c2ccc(F)cc2)n1. The Kier molecular flexibility index (Phi) is 4.95. The smallest absolute Gasteiger partial charge is 0.378 e. The molecule has 4 rings (SSSR count). The van der Waals surface area contributed by atoms with E-state index in [1.54, 1.807) is 16.8 Å². The summed E-state index contributed by atoms with van der Waals surface area (Å²) in [6.07, 6.45) is -4.16. The number of piperidine rings is 1. The molecule has 29 heavy (non-hydrogen) atoms. The van der Waals surface area contributed by atoms with Crippen LogP contribution in [-0.2, 0) is 4.74 Å². The van der Waals surface area contributed by atoms with Crippen molar-refractivity contribution in [2.45, 2.75) is 50.3 Å². The van der Waals surface area contributed by atoms with Crippen LogP contribution in [0.2, 0.25) is 0 Å². The van der Waals surface area contributed by atoms with Crippen molar-refractivity contribution < 1.29 is 27.4 Å². The van der Waals surface area contributed by atoms with Crippen molar-refractivity contribution in [1.82, 2.24) is 14.7 Å². The molecule has 1 N–H and O–H groups in total. The summed E-state index contributed by atoms with van der Waals surface area (Å²) >= 11 is 0. The first-order chi connectivity index (χ1) is 13.6. The van der Waals surface area contributed by atoms with E-state index in [0.717, 1.165) is 24.7 Å². The number of hydrogen-bond acceptors (Lipinski definition) is 4. The molecule has 5 unspecified atom stereocenters. The fourth-order valence-corrected chi connectivity index (χ4v) is 4.08. The monoisotopic (exact) mass is 413 g/mol. The van der Waals surface area contributed by atoms with Crippen LogP contribution in [0.1, 0.15) is 31.9 Å². The average Bonchev–Trinajstić information content (AvgIpc) is 3.32. The lowest BCUT2D eigenvalue weighted by Crippen LogP contribution is -2.50. The first kappa shape index (κ1) is 20.3. The van der Waals surface area contributed by atoms with Gasteiger partial charge < -0.3 is 9.84 Å². The molecule has 5 atom stereocenters. The standard InChI is InChI=1S/C20H23F4N3O2/c1-12-11-26(18-17(29-18)19(2,28)20(22,23)24)9-7-15(12)16-8-10-27(25-16)14-5-3-13(21)4-6-14/h3-6,8,10,12,15,17-18,28H,7,9,11H2,1-2H3. The lowest BCUT2D eigenvalue weighted by atomic mass is 9.84. The van der Waals surface area contributed by atoms with E-state index < -0.39 is 24.1 Å². The van der Waals surface area contributed by atoms with Gasteiger partial charge in [0.1, 0.15) is 18.1 Å². The zero-order valence-corrected chi connectivity index (χ0v) is 16.1. The summed E-state index contributed by atoms with van der Waals surface area (Å²) in [5, 5.41) is 14.4. The quantitative estimate of drug-likeness (QED) is 0.616. The molecule has 0 aliphatic carbocycles. The molecule has 0 radical (unpaired) electrons. The molecule has 5 nitrogen and oxygen atoms in total. The topological polar surface area (TPSA) is 53.8 Å². The molecule has 0 bridgehead atoms. The highest BCUT2D eigenvalue weighted by molar-refractivity contribution is 5.31. The minimum atomic E-state index is -4.73. The molecule has 1 aromatic carbocycles. The Morgan fingerprint density at radius 3 is 2.48 bits per heavy atom. The molecule has 158 valence electrons. The van der Waals surface area contributed by atoms with Crippen LogP contribution >= 0.6 is 0 Å². The number of rotatable bonds is 4. The molecule has 2 saturated heterocycles. The van der Waals surface area contributed by atoms with E-state index in [1.165, 1.54) is 12.1 Å². The van der Waals surface area contributed by atoms with Gasteiger partial charge in [0.25, 0.3) is 0 Å². The summed E-state index contributed by atoms with van der Waals surface area (Å²) < 4.78 is 59.0. The maximum atomic E-state index is 13.1. The van der Waals surface area contributed by atoms with Gasteiger partial charge in [0, 0.05) is 25.2 Å². The van der Waals surface area contributed by atoms with Gasteiger partial charge in [-0.3, -0.25) is 4.90 Å². The fraction of sp³-hybridized carbons (Fsp3) is 0.550. The van der Waals surface area contributed by atoms with E-state index in [4.69, 9.17) is 4.74 Å². The van der Waals surface area contributed by atoms with Gasteiger partial charge in [-0.25, -0.2) is 9.07 Å². The van der Waals surface area contributed by atoms with E-state index >= 15 is 0 Å². The molecular weight excluding hydrogens is 390 g/mol.